The normalized spacial score (nSPS) is 24.8. The maximum atomic E-state index is 14.3. The third-order valence-corrected chi connectivity index (χ3v) is 5.50. The molecule has 1 saturated heterocycles. The molecular formula is C16H25FN2S. The van der Waals surface area contributed by atoms with E-state index >= 15 is 0 Å². The number of hydrogen-bond donors (Lipinski definition) is 1. The molecule has 0 radical (unpaired) electrons. The van der Waals surface area contributed by atoms with Gasteiger partial charge in [0.15, 0.2) is 0 Å². The predicted molar refractivity (Wildman–Crippen MR) is 87.2 cm³/mol. The maximum Gasteiger partial charge on any atom is 0.130 e. The summed E-state index contributed by atoms with van der Waals surface area (Å²) >= 11 is 2.00. The molecule has 0 aliphatic carbocycles. The van der Waals surface area contributed by atoms with Gasteiger partial charge >= 0.3 is 0 Å². The number of anilines is 1. The summed E-state index contributed by atoms with van der Waals surface area (Å²) in [5.41, 5.74) is 1.86. The van der Waals surface area contributed by atoms with Crippen LogP contribution in [0.4, 0.5) is 10.1 Å². The smallest absolute Gasteiger partial charge is 0.130 e. The Labute approximate surface area is 126 Å². The highest BCUT2D eigenvalue weighted by Gasteiger charge is 2.28. The zero-order valence-corrected chi connectivity index (χ0v) is 13.6. The molecule has 0 bridgehead atoms. The van der Waals surface area contributed by atoms with Gasteiger partial charge in [0.2, 0.25) is 0 Å². The highest BCUT2D eigenvalue weighted by Crippen LogP contribution is 2.34. The molecular weight excluding hydrogens is 271 g/mol. The van der Waals surface area contributed by atoms with Gasteiger partial charge in [-0.25, -0.2) is 4.39 Å². The van der Waals surface area contributed by atoms with Crippen LogP contribution in [0.1, 0.15) is 39.3 Å². The van der Waals surface area contributed by atoms with E-state index in [1.54, 1.807) is 6.07 Å². The van der Waals surface area contributed by atoms with E-state index < -0.39 is 0 Å². The lowest BCUT2D eigenvalue weighted by atomic mass is 10.0. The Balaban J connectivity index is 2.37. The molecule has 3 unspecified atom stereocenters. The van der Waals surface area contributed by atoms with Crippen molar-refractivity contribution in [1.82, 2.24) is 5.32 Å². The van der Waals surface area contributed by atoms with Crippen LogP contribution in [0.25, 0.3) is 0 Å². The van der Waals surface area contributed by atoms with E-state index in [0.717, 1.165) is 30.1 Å². The van der Waals surface area contributed by atoms with Crippen LogP contribution in [-0.4, -0.2) is 30.1 Å². The SMILES string of the molecule is CCNC(C)c1c(F)cccc1N1CCSC(C)C1C. The first-order chi connectivity index (χ1) is 9.56. The number of benzene rings is 1. The summed E-state index contributed by atoms with van der Waals surface area (Å²) in [5, 5.41) is 3.91. The highest BCUT2D eigenvalue weighted by molar-refractivity contribution is 8.00. The predicted octanol–water partition coefficient (Wildman–Crippen LogP) is 3.83. The van der Waals surface area contributed by atoms with Crippen LogP contribution >= 0.6 is 11.8 Å². The van der Waals surface area contributed by atoms with Gasteiger partial charge in [0.1, 0.15) is 5.82 Å². The van der Waals surface area contributed by atoms with Crippen molar-refractivity contribution in [3.63, 3.8) is 0 Å². The quantitative estimate of drug-likeness (QED) is 0.909. The fourth-order valence-electron chi connectivity index (χ4n) is 2.89. The van der Waals surface area contributed by atoms with Gasteiger partial charge in [0, 0.05) is 40.9 Å². The average Bonchev–Trinajstić information content (AvgIpc) is 2.42. The lowest BCUT2D eigenvalue weighted by Crippen LogP contribution is -2.45. The minimum atomic E-state index is -0.103. The van der Waals surface area contributed by atoms with Crippen molar-refractivity contribution in [2.24, 2.45) is 0 Å². The molecule has 1 aliphatic rings. The average molecular weight is 296 g/mol. The van der Waals surface area contributed by atoms with E-state index in [1.807, 2.05) is 24.8 Å². The maximum absolute atomic E-state index is 14.3. The molecule has 2 nitrogen and oxygen atoms in total. The second-order valence-electron chi connectivity index (χ2n) is 5.46. The number of nitrogens with zero attached hydrogens (tertiary/aromatic N) is 1. The molecule has 0 amide bonds. The molecule has 1 aliphatic heterocycles. The standard InChI is InChI=1S/C16H25FN2S/c1-5-18-11(2)16-14(17)7-6-8-15(16)19-9-10-20-13(4)12(19)3/h6-8,11-13,18H,5,9-10H2,1-4H3. The Morgan fingerprint density at radius 3 is 2.90 bits per heavy atom. The van der Waals surface area contributed by atoms with E-state index in [4.69, 9.17) is 0 Å². The van der Waals surface area contributed by atoms with Crippen molar-refractivity contribution in [2.75, 3.05) is 23.7 Å². The van der Waals surface area contributed by atoms with Gasteiger partial charge < -0.3 is 10.2 Å². The second-order valence-corrected chi connectivity index (χ2v) is 6.95. The van der Waals surface area contributed by atoms with Crippen LogP contribution in [0.5, 0.6) is 0 Å². The number of rotatable bonds is 4. The zero-order valence-electron chi connectivity index (χ0n) is 12.8. The van der Waals surface area contributed by atoms with E-state index in [9.17, 15) is 4.39 Å². The minimum absolute atomic E-state index is 0.0354. The molecule has 0 spiro atoms. The van der Waals surface area contributed by atoms with Crippen molar-refractivity contribution in [2.45, 2.75) is 45.0 Å². The zero-order chi connectivity index (χ0) is 14.7. The number of thioether (sulfide) groups is 1. The minimum Gasteiger partial charge on any atom is -0.367 e. The van der Waals surface area contributed by atoms with Crippen molar-refractivity contribution in [1.29, 1.82) is 0 Å². The summed E-state index contributed by atoms with van der Waals surface area (Å²) in [5.74, 6) is 1.01. The van der Waals surface area contributed by atoms with Crippen molar-refractivity contribution in [3.05, 3.63) is 29.6 Å². The Kier molecular flexibility index (Phi) is 5.33. The van der Waals surface area contributed by atoms with E-state index in [2.05, 4.69) is 37.1 Å². The molecule has 1 fully saturated rings. The van der Waals surface area contributed by atoms with E-state index in [0.29, 0.717) is 11.3 Å². The molecule has 3 atom stereocenters. The lowest BCUT2D eigenvalue weighted by Gasteiger charge is -2.40. The topological polar surface area (TPSA) is 15.3 Å². The monoisotopic (exact) mass is 296 g/mol. The Hall–Kier alpha value is -0.740. The van der Waals surface area contributed by atoms with Gasteiger partial charge in [-0.2, -0.15) is 11.8 Å². The van der Waals surface area contributed by atoms with Gasteiger partial charge in [0.25, 0.3) is 0 Å². The first-order valence-corrected chi connectivity index (χ1v) is 8.51. The third-order valence-electron chi connectivity index (χ3n) is 4.17. The van der Waals surface area contributed by atoms with Crippen LogP contribution in [-0.2, 0) is 0 Å². The number of hydrogen-bond acceptors (Lipinski definition) is 3. The summed E-state index contributed by atoms with van der Waals surface area (Å²) in [6.45, 7) is 10.4. The Bertz CT molecular complexity index is 452. The Morgan fingerprint density at radius 2 is 2.20 bits per heavy atom. The van der Waals surface area contributed by atoms with Crippen molar-refractivity contribution in [3.8, 4) is 0 Å². The van der Waals surface area contributed by atoms with Crippen LogP contribution in [0.2, 0.25) is 0 Å². The summed E-state index contributed by atoms with van der Waals surface area (Å²) in [7, 11) is 0. The molecule has 1 N–H and O–H groups in total. The van der Waals surface area contributed by atoms with Crippen LogP contribution < -0.4 is 10.2 Å². The number of halogens is 1. The van der Waals surface area contributed by atoms with Crippen molar-refractivity contribution < 1.29 is 4.39 Å². The van der Waals surface area contributed by atoms with Gasteiger partial charge in [0.05, 0.1) is 0 Å². The molecule has 0 saturated carbocycles. The van der Waals surface area contributed by atoms with Gasteiger partial charge in [-0.3, -0.25) is 0 Å². The van der Waals surface area contributed by atoms with Crippen molar-refractivity contribution >= 4 is 17.4 Å². The van der Waals surface area contributed by atoms with Gasteiger partial charge in [-0.05, 0) is 32.5 Å². The van der Waals surface area contributed by atoms with Crippen LogP contribution in [0, 0.1) is 5.82 Å². The highest BCUT2D eigenvalue weighted by atomic mass is 32.2. The lowest BCUT2D eigenvalue weighted by molar-refractivity contribution is 0.533. The largest absolute Gasteiger partial charge is 0.367 e. The van der Waals surface area contributed by atoms with Crippen LogP contribution in [0.15, 0.2) is 18.2 Å². The van der Waals surface area contributed by atoms with Gasteiger partial charge in [-0.15, -0.1) is 0 Å². The molecule has 1 heterocycles. The first kappa shape index (κ1) is 15.6. The molecule has 0 aromatic heterocycles. The second kappa shape index (κ2) is 6.81. The fourth-order valence-corrected chi connectivity index (χ4v) is 3.99. The summed E-state index contributed by atoms with van der Waals surface area (Å²) in [4.78, 5) is 2.37. The first-order valence-electron chi connectivity index (χ1n) is 7.46. The summed E-state index contributed by atoms with van der Waals surface area (Å²) < 4.78 is 14.3. The van der Waals surface area contributed by atoms with E-state index in [1.165, 1.54) is 0 Å². The third kappa shape index (κ3) is 3.12. The molecule has 112 valence electrons. The van der Waals surface area contributed by atoms with E-state index in [-0.39, 0.29) is 11.9 Å². The summed E-state index contributed by atoms with van der Waals surface area (Å²) in [6, 6.07) is 5.92. The summed E-state index contributed by atoms with van der Waals surface area (Å²) in [6.07, 6.45) is 0. The molecule has 4 heteroatoms. The molecule has 2 rings (SSSR count). The van der Waals surface area contributed by atoms with Crippen LogP contribution in [0.3, 0.4) is 0 Å². The molecule has 1 aromatic carbocycles. The number of nitrogens with one attached hydrogen (secondary N) is 1. The van der Waals surface area contributed by atoms with Gasteiger partial charge in [-0.1, -0.05) is 19.9 Å². The fraction of sp³-hybridized carbons (Fsp3) is 0.625. The molecule has 1 aromatic rings. The molecule has 20 heavy (non-hydrogen) atoms. The Morgan fingerprint density at radius 1 is 1.45 bits per heavy atom.